The van der Waals surface area contributed by atoms with Crippen molar-refractivity contribution in [3.63, 3.8) is 0 Å². The number of carbonyl (C=O) groups excluding carboxylic acids is 2. The second-order valence-corrected chi connectivity index (χ2v) is 6.81. The summed E-state index contributed by atoms with van der Waals surface area (Å²) in [5.41, 5.74) is 1.21. The molecule has 0 fully saturated rings. The average Bonchev–Trinajstić information content (AvgIpc) is 3.19. The second-order valence-electron chi connectivity index (χ2n) is 5.99. The van der Waals surface area contributed by atoms with Gasteiger partial charge in [0, 0.05) is 17.7 Å². The lowest BCUT2D eigenvalue weighted by atomic mass is 9.96. The number of para-hydroxylation sites is 1. The number of amides is 1. The highest BCUT2D eigenvalue weighted by Crippen LogP contribution is 2.41. The summed E-state index contributed by atoms with van der Waals surface area (Å²) in [5.74, 6) is 0.441. The molecule has 27 heavy (non-hydrogen) atoms. The number of halogens is 2. The molecular weight excluding hydrogens is 389 g/mol. The van der Waals surface area contributed by atoms with Crippen LogP contribution in [0.5, 0.6) is 5.75 Å². The molecule has 1 aromatic heterocycles. The highest BCUT2D eigenvalue weighted by Gasteiger charge is 2.37. The molecule has 1 unspecified atom stereocenters. The summed E-state index contributed by atoms with van der Waals surface area (Å²) < 4.78 is 10.7. The first-order valence-corrected chi connectivity index (χ1v) is 8.92. The minimum atomic E-state index is -0.593. The Morgan fingerprint density at radius 2 is 1.85 bits per heavy atom. The number of Topliss-reactive ketones (excluding diaryl/α,β-unsaturated/α-hetero) is 1. The van der Waals surface area contributed by atoms with Gasteiger partial charge in [-0.25, -0.2) is 4.79 Å². The van der Waals surface area contributed by atoms with Gasteiger partial charge < -0.3 is 9.15 Å². The summed E-state index contributed by atoms with van der Waals surface area (Å²) in [6.07, 6.45) is 0.872. The van der Waals surface area contributed by atoms with E-state index >= 15 is 0 Å². The van der Waals surface area contributed by atoms with Crippen LogP contribution >= 0.6 is 23.2 Å². The molecule has 2 heterocycles. The van der Waals surface area contributed by atoms with Crippen molar-refractivity contribution in [1.82, 2.24) is 0 Å². The number of rotatable bonds is 4. The molecule has 4 rings (SSSR count). The maximum absolute atomic E-state index is 12.7. The molecule has 0 bridgehead atoms. The van der Waals surface area contributed by atoms with Gasteiger partial charge >= 0.3 is 6.09 Å². The van der Waals surface area contributed by atoms with Crippen molar-refractivity contribution in [3.8, 4) is 5.75 Å². The summed E-state index contributed by atoms with van der Waals surface area (Å²) in [6, 6.07) is 14.6. The molecule has 0 saturated heterocycles. The molecule has 136 valence electrons. The van der Waals surface area contributed by atoms with Crippen LogP contribution in [0.1, 0.15) is 28.6 Å². The van der Waals surface area contributed by atoms with E-state index in [0.29, 0.717) is 21.5 Å². The molecular formula is C20H13Cl2NO4. The number of ether oxygens (including phenoxy) is 1. The Hall–Kier alpha value is -2.76. The molecule has 1 aliphatic rings. The zero-order valence-electron chi connectivity index (χ0n) is 13.9. The van der Waals surface area contributed by atoms with Crippen molar-refractivity contribution < 1.29 is 18.7 Å². The quantitative estimate of drug-likeness (QED) is 0.509. The normalized spacial score (nSPS) is 16.0. The van der Waals surface area contributed by atoms with Gasteiger partial charge in [-0.05, 0) is 36.4 Å². The Balaban J connectivity index is 1.78. The standard InChI is InChI=1S/C20H13Cl2NO4/c21-14-8-7-12(10-15(14)22)23-16(11-17(24)19-6-3-9-26-19)13-4-1-2-5-18(13)27-20(23)25/h1-10,16H,11H2. The number of nitrogens with zero attached hydrogens (tertiary/aromatic N) is 1. The van der Waals surface area contributed by atoms with Gasteiger partial charge in [0.25, 0.3) is 0 Å². The molecule has 0 saturated carbocycles. The van der Waals surface area contributed by atoms with Crippen molar-refractivity contribution >= 4 is 40.8 Å². The highest BCUT2D eigenvalue weighted by molar-refractivity contribution is 6.42. The van der Waals surface area contributed by atoms with Crippen LogP contribution in [0.3, 0.4) is 0 Å². The second kappa shape index (κ2) is 7.10. The number of fused-ring (bicyclic) bond motifs is 1. The highest BCUT2D eigenvalue weighted by atomic mass is 35.5. The van der Waals surface area contributed by atoms with Gasteiger partial charge in [-0.2, -0.15) is 0 Å². The van der Waals surface area contributed by atoms with E-state index in [0.717, 1.165) is 5.56 Å². The van der Waals surface area contributed by atoms with Crippen molar-refractivity contribution in [3.05, 3.63) is 82.2 Å². The number of ketones is 1. The van der Waals surface area contributed by atoms with Crippen LogP contribution in [-0.4, -0.2) is 11.9 Å². The summed E-state index contributed by atoms with van der Waals surface area (Å²) in [4.78, 5) is 26.8. The van der Waals surface area contributed by atoms with Crippen LogP contribution in [0.2, 0.25) is 10.0 Å². The van der Waals surface area contributed by atoms with E-state index in [1.165, 1.54) is 11.2 Å². The summed E-state index contributed by atoms with van der Waals surface area (Å²) in [5, 5.41) is 0.673. The molecule has 0 N–H and O–H groups in total. The fraction of sp³-hybridized carbons (Fsp3) is 0.100. The Labute approximate surface area is 165 Å². The van der Waals surface area contributed by atoms with Gasteiger partial charge in [-0.15, -0.1) is 0 Å². The van der Waals surface area contributed by atoms with E-state index in [1.54, 1.807) is 42.5 Å². The maximum Gasteiger partial charge on any atom is 0.420 e. The zero-order valence-corrected chi connectivity index (χ0v) is 15.4. The first kappa shape index (κ1) is 17.6. The minimum absolute atomic E-state index is 0.0277. The van der Waals surface area contributed by atoms with Crippen molar-refractivity contribution in [1.29, 1.82) is 0 Å². The van der Waals surface area contributed by atoms with E-state index in [4.69, 9.17) is 32.4 Å². The van der Waals surface area contributed by atoms with Crippen LogP contribution in [0.25, 0.3) is 0 Å². The topological polar surface area (TPSA) is 59.8 Å². The predicted molar refractivity (Wildman–Crippen MR) is 102 cm³/mol. The Morgan fingerprint density at radius 1 is 1.04 bits per heavy atom. The summed E-state index contributed by atoms with van der Waals surface area (Å²) in [6.45, 7) is 0. The van der Waals surface area contributed by atoms with Gasteiger partial charge in [0.1, 0.15) is 5.75 Å². The van der Waals surface area contributed by atoms with Crippen molar-refractivity contribution in [2.45, 2.75) is 12.5 Å². The maximum atomic E-state index is 12.7. The molecule has 1 aliphatic heterocycles. The third-order valence-corrected chi connectivity index (χ3v) is 5.08. The lowest BCUT2D eigenvalue weighted by Gasteiger charge is -2.35. The number of furan rings is 1. The molecule has 1 atom stereocenters. The van der Waals surface area contributed by atoms with Crippen LogP contribution in [0.15, 0.2) is 65.3 Å². The molecule has 1 amide bonds. The van der Waals surface area contributed by atoms with Crippen molar-refractivity contribution in [2.24, 2.45) is 0 Å². The number of carbonyl (C=O) groups is 2. The van der Waals surface area contributed by atoms with E-state index < -0.39 is 12.1 Å². The van der Waals surface area contributed by atoms with Crippen LogP contribution in [0, 0.1) is 0 Å². The lowest BCUT2D eigenvalue weighted by Crippen LogP contribution is -2.42. The van der Waals surface area contributed by atoms with Crippen LogP contribution in [-0.2, 0) is 0 Å². The summed E-state index contributed by atoms with van der Waals surface area (Å²) >= 11 is 12.1. The molecule has 5 nitrogen and oxygen atoms in total. The van der Waals surface area contributed by atoms with Crippen molar-refractivity contribution in [2.75, 3.05) is 4.90 Å². The molecule has 2 aromatic carbocycles. The van der Waals surface area contributed by atoms with Gasteiger partial charge in [-0.3, -0.25) is 9.69 Å². The summed E-state index contributed by atoms with van der Waals surface area (Å²) in [7, 11) is 0. The fourth-order valence-electron chi connectivity index (χ4n) is 3.09. The van der Waals surface area contributed by atoms with E-state index in [1.807, 2.05) is 12.1 Å². The fourth-order valence-corrected chi connectivity index (χ4v) is 3.39. The first-order valence-electron chi connectivity index (χ1n) is 8.16. The smallest absolute Gasteiger partial charge is 0.420 e. The Kier molecular flexibility index (Phi) is 4.64. The lowest BCUT2D eigenvalue weighted by molar-refractivity contribution is 0.0944. The van der Waals surface area contributed by atoms with E-state index in [-0.39, 0.29) is 18.0 Å². The number of hydrogen-bond acceptors (Lipinski definition) is 4. The van der Waals surface area contributed by atoms with E-state index in [2.05, 4.69) is 0 Å². The molecule has 3 aromatic rings. The molecule has 0 aliphatic carbocycles. The van der Waals surface area contributed by atoms with Gasteiger partial charge in [0.2, 0.25) is 0 Å². The zero-order chi connectivity index (χ0) is 19.0. The minimum Gasteiger partial charge on any atom is -0.461 e. The van der Waals surface area contributed by atoms with Gasteiger partial charge in [0.05, 0.1) is 22.4 Å². The largest absolute Gasteiger partial charge is 0.461 e. The molecule has 0 radical (unpaired) electrons. The molecule has 7 heteroatoms. The van der Waals surface area contributed by atoms with Crippen LogP contribution in [0.4, 0.5) is 10.5 Å². The third kappa shape index (κ3) is 3.31. The Bertz CT molecular complexity index is 1020. The number of benzene rings is 2. The molecule has 0 spiro atoms. The predicted octanol–water partition coefficient (Wildman–Crippen LogP) is 5.92. The number of anilines is 1. The van der Waals surface area contributed by atoms with Gasteiger partial charge in [-0.1, -0.05) is 41.4 Å². The third-order valence-electron chi connectivity index (χ3n) is 4.34. The SMILES string of the molecule is O=C(CC1c2ccccc2OC(=O)N1c1ccc(Cl)c(Cl)c1)c1ccco1. The first-order chi connectivity index (χ1) is 13.0. The van der Waals surface area contributed by atoms with Gasteiger partial charge in [0.15, 0.2) is 11.5 Å². The van der Waals surface area contributed by atoms with Crippen LogP contribution < -0.4 is 9.64 Å². The Morgan fingerprint density at radius 3 is 2.59 bits per heavy atom. The number of hydrogen-bond donors (Lipinski definition) is 0. The average molecular weight is 402 g/mol. The van der Waals surface area contributed by atoms with E-state index in [9.17, 15) is 9.59 Å². The monoisotopic (exact) mass is 401 g/mol.